The van der Waals surface area contributed by atoms with Gasteiger partial charge in [-0.25, -0.2) is 0 Å². The minimum absolute atomic E-state index is 0.229. The van der Waals surface area contributed by atoms with Crippen molar-refractivity contribution in [2.24, 2.45) is 0 Å². The zero-order valence-corrected chi connectivity index (χ0v) is 29.6. The standard InChI is InChI=1S/C52H35NO/c1-2-15-37-32-39(27-26-34(37)12-1)38-16-9-17-40(33-38)53(50-25-11-21-43-41-18-5-3-13-35(41)28-30-45(43)50)49-24-8-7-20-44(49)46-22-10-23-47-48-31-29-36-14-4-6-19-42(36)51(48)54-52(46)47/h1-15,17-33,38H,16H2. The Bertz CT molecular complexity index is 3160. The molecule has 0 amide bonds. The van der Waals surface area contributed by atoms with Crippen molar-refractivity contribution in [1.82, 2.24) is 0 Å². The molecule has 1 unspecified atom stereocenters. The summed E-state index contributed by atoms with van der Waals surface area (Å²) in [5, 5.41) is 12.1. The Kier molecular flexibility index (Phi) is 7.03. The van der Waals surface area contributed by atoms with Crippen LogP contribution in [0.3, 0.4) is 0 Å². The van der Waals surface area contributed by atoms with Gasteiger partial charge in [-0.05, 0) is 68.6 Å². The number of benzene rings is 9. The van der Waals surface area contributed by atoms with E-state index in [1.165, 1.54) is 43.3 Å². The molecule has 254 valence electrons. The van der Waals surface area contributed by atoms with Crippen LogP contribution in [0.15, 0.2) is 204 Å². The van der Waals surface area contributed by atoms with Crippen molar-refractivity contribution in [2.75, 3.05) is 4.90 Å². The zero-order valence-electron chi connectivity index (χ0n) is 29.6. The number of allylic oxidation sites excluding steroid dienone is 3. The highest BCUT2D eigenvalue weighted by Gasteiger charge is 2.25. The normalized spacial score (nSPS) is 14.4. The van der Waals surface area contributed by atoms with E-state index in [0.717, 1.165) is 61.9 Å². The quantitative estimate of drug-likeness (QED) is 0.167. The molecule has 0 aliphatic heterocycles. The summed E-state index contributed by atoms with van der Waals surface area (Å²) >= 11 is 0. The lowest BCUT2D eigenvalue weighted by atomic mass is 9.89. The highest BCUT2D eigenvalue weighted by atomic mass is 16.3. The monoisotopic (exact) mass is 689 g/mol. The maximum atomic E-state index is 6.92. The van der Waals surface area contributed by atoms with Crippen LogP contribution in [0.4, 0.5) is 11.4 Å². The molecule has 0 spiro atoms. The molecule has 0 bridgehead atoms. The third-order valence-corrected chi connectivity index (χ3v) is 11.3. The minimum atomic E-state index is 0.229. The molecule has 10 aromatic rings. The van der Waals surface area contributed by atoms with Crippen molar-refractivity contribution in [2.45, 2.75) is 12.3 Å². The molecule has 1 atom stereocenters. The molecule has 0 saturated carbocycles. The average molecular weight is 690 g/mol. The molecule has 2 heteroatoms. The predicted octanol–water partition coefficient (Wildman–Crippen LogP) is 14.6. The van der Waals surface area contributed by atoms with Crippen LogP contribution in [-0.4, -0.2) is 0 Å². The van der Waals surface area contributed by atoms with Gasteiger partial charge in [0.15, 0.2) is 0 Å². The number of furan rings is 1. The summed E-state index contributed by atoms with van der Waals surface area (Å²) in [6.45, 7) is 0. The first kappa shape index (κ1) is 30.7. The van der Waals surface area contributed by atoms with Crippen LogP contribution in [0, 0.1) is 0 Å². The third kappa shape index (κ3) is 4.88. The lowest BCUT2D eigenvalue weighted by Crippen LogP contribution is -2.19. The van der Waals surface area contributed by atoms with E-state index in [-0.39, 0.29) is 5.92 Å². The molecular formula is C52H35NO. The summed E-state index contributed by atoms with van der Waals surface area (Å²) in [4.78, 5) is 2.48. The van der Waals surface area contributed by atoms with Gasteiger partial charge in [0.2, 0.25) is 0 Å². The fourth-order valence-electron chi connectivity index (χ4n) is 8.75. The Balaban J connectivity index is 1.16. The summed E-state index contributed by atoms with van der Waals surface area (Å²) in [5.74, 6) is 0.229. The molecule has 1 aliphatic rings. The Morgan fingerprint density at radius 3 is 1.93 bits per heavy atom. The molecule has 2 nitrogen and oxygen atoms in total. The average Bonchev–Trinajstić information content (AvgIpc) is 3.64. The number of para-hydroxylation sites is 2. The van der Waals surface area contributed by atoms with E-state index in [1.807, 2.05) is 0 Å². The third-order valence-electron chi connectivity index (χ3n) is 11.3. The molecule has 1 aliphatic carbocycles. The largest absolute Gasteiger partial charge is 0.455 e. The van der Waals surface area contributed by atoms with E-state index in [9.17, 15) is 0 Å². The van der Waals surface area contributed by atoms with Gasteiger partial charge in [-0.2, -0.15) is 0 Å². The van der Waals surface area contributed by atoms with E-state index < -0.39 is 0 Å². The second-order valence-corrected chi connectivity index (χ2v) is 14.4. The molecule has 0 N–H and O–H groups in total. The second kappa shape index (κ2) is 12.4. The fraction of sp³-hybridized carbons (Fsp3) is 0.0385. The minimum Gasteiger partial charge on any atom is -0.455 e. The van der Waals surface area contributed by atoms with Gasteiger partial charge in [0.1, 0.15) is 11.2 Å². The van der Waals surface area contributed by atoms with Crippen molar-refractivity contribution in [3.63, 3.8) is 0 Å². The van der Waals surface area contributed by atoms with E-state index >= 15 is 0 Å². The van der Waals surface area contributed by atoms with Crippen LogP contribution in [-0.2, 0) is 0 Å². The van der Waals surface area contributed by atoms with Crippen molar-refractivity contribution < 1.29 is 4.42 Å². The van der Waals surface area contributed by atoms with Crippen LogP contribution in [0.2, 0.25) is 0 Å². The lowest BCUT2D eigenvalue weighted by molar-refractivity contribution is 0.674. The predicted molar refractivity (Wildman–Crippen MR) is 229 cm³/mol. The van der Waals surface area contributed by atoms with E-state index in [0.29, 0.717) is 0 Å². The highest BCUT2D eigenvalue weighted by molar-refractivity contribution is 6.18. The van der Waals surface area contributed by atoms with E-state index in [4.69, 9.17) is 4.42 Å². The second-order valence-electron chi connectivity index (χ2n) is 14.4. The number of rotatable bonds is 5. The molecule has 1 heterocycles. The number of fused-ring (bicyclic) bond motifs is 9. The summed E-state index contributed by atoms with van der Waals surface area (Å²) in [5.41, 5.74) is 8.75. The maximum absolute atomic E-state index is 6.92. The maximum Gasteiger partial charge on any atom is 0.143 e. The number of anilines is 2. The number of hydrogen-bond donors (Lipinski definition) is 0. The van der Waals surface area contributed by atoms with Crippen molar-refractivity contribution in [3.8, 4) is 11.1 Å². The van der Waals surface area contributed by atoms with E-state index in [2.05, 4.69) is 199 Å². The first-order chi connectivity index (χ1) is 26.8. The Hall–Kier alpha value is -6.90. The van der Waals surface area contributed by atoms with Crippen molar-refractivity contribution >= 4 is 76.4 Å². The van der Waals surface area contributed by atoms with Gasteiger partial charge in [-0.15, -0.1) is 0 Å². The first-order valence-corrected chi connectivity index (χ1v) is 18.8. The van der Waals surface area contributed by atoms with Crippen LogP contribution in [0.1, 0.15) is 17.9 Å². The Labute approximate surface area is 313 Å². The van der Waals surface area contributed by atoms with Gasteiger partial charge in [-0.1, -0.05) is 170 Å². The summed E-state index contributed by atoms with van der Waals surface area (Å²) in [7, 11) is 0. The fourth-order valence-corrected chi connectivity index (χ4v) is 8.75. The number of hydrogen-bond acceptors (Lipinski definition) is 2. The lowest BCUT2D eigenvalue weighted by Gasteiger charge is -2.32. The first-order valence-electron chi connectivity index (χ1n) is 18.8. The molecule has 54 heavy (non-hydrogen) atoms. The summed E-state index contributed by atoms with van der Waals surface area (Å²) in [6, 6.07) is 63.8. The van der Waals surface area contributed by atoms with Crippen LogP contribution >= 0.6 is 0 Å². The molecule has 9 aromatic carbocycles. The van der Waals surface area contributed by atoms with Gasteiger partial charge in [0.25, 0.3) is 0 Å². The molecule has 11 rings (SSSR count). The molecule has 0 radical (unpaired) electrons. The Morgan fingerprint density at radius 2 is 1.04 bits per heavy atom. The molecule has 1 aromatic heterocycles. The van der Waals surface area contributed by atoms with Gasteiger partial charge in [0.05, 0.1) is 11.4 Å². The summed E-state index contributed by atoms with van der Waals surface area (Å²) in [6.07, 6.45) is 8.07. The van der Waals surface area contributed by atoms with Crippen LogP contribution in [0.5, 0.6) is 0 Å². The topological polar surface area (TPSA) is 16.4 Å². The zero-order chi connectivity index (χ0) is 35.6. The van der Waals surface area contributed by atoms with Crippen LogP contribution in [0.25, 0.3) is 76.2 Å². The smallest absolute Gasteiger partial charge is 0.143 e. The summed E-state index contributed by atoms with van der Waals surface area (Å²) < 4.78 is 6.92. The Morgan fingerprint density at radius 1 is 0.426 bits per heavy atom. The number of nitrogens with zero attached hydrogens (tertiary/aromatic N) is 1. The molecule has 0 saturated heterocycles. The van der Waals surface area contributed by atoms with E-state index in [1.54, 1.807) is 0 Å². The van der Waals surface area contributed by atoms with Gasteiger partial charge >= 0.3 is 0 Å². The van der Waals surface area contributed by atoms with Crippen LogP contribution < -0.4 is 4.90 Å². The highest BCUT2D eigenvalue weighted by Crippen LogP contribution is 2.46. The SMILES string of the molecule is C1=CC(N(c2ccccc2-c2cccc3c2oc2c4ccccc4ccc32)c2cccc3c2ccc2ccccc23)=CC(c2ccc3ccccc3c2)C1. The molecular weight excluding hydrogens is 655 g/mol. The van der Waals surface area contributed by atoms with Crippen molar-refractivity contribution in [3.05, 3.63) is 205 Å². The van der Waals surface area contributed by atoms with Gasteiger partial charge in [0, 0.05) is 44.3 Å². The van der Waals surface area contributed by atoms with Gasteiger partial charge in [-0.3, -0.25) is 0 Å². The van der Waals surface area contributed by atoms with Crippen molar-refractivity contribution in [1.29, 1.82) is 0 Å². The van der Waals surface area contributed by atoms with Gasteiger partial charge < -0.3 is 9.32 Å². The molecule has 0 fully saturated rings.